The fourth-order valence-corrected chi connectivity index (χ4v) is 3.79. The van der Waals surface area contributed by atoms with Crippen LogP contribution in [0.1, 0.15) is 28.1 Å². The topological polar surface area (TPSA) is 74.8 Å². The van der Waals surface area contributed by atoms with Crippen molar-refractivity contribution in [3.63, 3.8) is 0 Å². The summed E-state index contributed by atoms with van der Waals surface area (Å²) in [6, 6.07) is 22.5. The van der Waals surface area contributed by atoms with Gasteiger partial charge >= 0.3 is 6.03 Å². The molecule has 4 N–H and O–H groups in total. The Labute approximate surface area is 162 Å². The molecule has 3 aromatic rings. The van der Waals surface area contributed by atoms with E-state index < -0.39 is 12.1 Å². The Bertz CT molecular complexity index is 867. The van der Waals surface area contributed by atoms with Gasteiger partial charge in [-0.05, 0) is 11.4 Å². The molecule has 0 unspecified atom stereocenters. The minimum atomic E-state index is -0.559. The van der Waals surface area contributed by atoms with Crippen LogP contribution in [0, 0.1) is 0 Å². The molecule has 1 aromatic heterocycles. The molecule has 3 rings (SSSR count). The third-order valence-electron chi connectivity index (χ3n) is 4.30. The van der Waals surface area contributed by atoms with E-state index in [0.29, 0.717) is 0 Å². The van der Waals surface area contributed by atoms with Crippen LogP contribution in [0.4, 0.5) is 4.79 Å². The van der Waals surface area contributed by atoms with E-state index in [4.69, 9.17) is 0 Å². The number of carbonyl (C=O) groups excluding carboxylic acids is 2. The number of nitrogens with one attached hydrogen (secondary N) is 2. The van der Waals surface area contributed by atoms with Crippen LogP contribution in [0.3, 0.4) is 0 Å². The zero-order valence-electron chi connectivity index (χ0n) is 15.0. The molecule has 27 heavy (non-hydrogen) atoms. The van der Waals surface area contributed by atoms with E-state index in [1.807, 2.05) is 65.3 Å². The number of rotatable bonds is 6. The van der Waals surface area contributed by atoms with Crippen molar-refractivity contribution in [2.24, 2.45) is 0 Å². The molecule has 0 aliphatic carbocycles. The third-order valence-corrected chi connectivity index (χ3v) is 5.25. The highest BCUT2D eigenvalue weighted by atomic mass is 32.1. The monoisotopic (exact) mass is 380 g/mol. The average Bonchev–Trinajstić information content (AvgIpc) is 3.24. The van der Waals surface area contributed by atoms with Gasteiger partial charge in [0, 0.05) is 18.2 Å². The molecule has 138 valence electrons. The maximum atomic E-state index is 12.8. The molecule has 5 nitrogen and oxygen atoms in total. The van der Waals surface area contributed by atoms with E-state index in [-0.39, 0.29) is 11.9 Å². The number of urea groups is 1. The molecule has 6 heteroatoms. The maximum Gasteiger partial charge on any atom is 0.321 e. The van der Waals surface area contributed by atoms with Gasteiger partial charge in [0.05, 0.1) is 4.88 Å². The number of carbonyl (C=O) groups is 2. The molecule has 0 spiro atoms. The first kappa shape index (κ1) is 18.8. The number of nitrogens with two attached hydrogens (primary N) is 1. The summed E-state index contributed by atoms with van der Waals surface area (Å²) in [5.74, 6) is -0.349. The Morgan fingerprint density at radius 1 is 0.889 bits per heavy atom. The fourth-order valence-electron chi connectivity index (χ4n) is 2.95. The van der Waals surface area contributed by atoms with Crippen LogP contribution in [0.25, 0.3) is 0 Å². The predicted octanol–water partition coefficient (Wildman–Crippen LogP) is 2.60. The molecule has 0 aliphatic heterocycles. The van der Waals surface area contributed by atoms with Gasteiger partial charge in [0.25, 0.3) is 5.91 Å². The van der Waals surface area contributed by atoms with Crippen LogP contribution in [0.2, 0.25) is 0 Å². The first-order chi connectivity index (χ1) is 13.2. The average molecular weight is 380 g/mol. The Kier molecular flexibility index (Phi) is 6.35. The number of amides is 3. The summed E-state index contributed by atoms with van der Waals surface area (Å²) < 4.78 is 0. The van der Waals surface area contributed by atoms with Crippen LogP contribution in [0.15, 0.2) is 78.2 Å². The summed E-state index contributed by atoms with van der Waals surface area (Å²) in [6.45, 7) is 0. The van der Waals surface area contributed by atoms with Crippen molar-refractivity contribution in [2.45, 2.75) is 12.1 Å². The van der Waals surface area contributed by atoms with Gasteiger partial charge in [0.1, 0.15) is 6.04 Å². The second-order valence-corrected chi connectivity index (χ2v) is 7.03. The standard InChI is InChI=1S/C21H21N3O2S/c1-22-21(26)24-20(25)19(16-11-6-3-7-12-16)23-18(17-13-8-14-27-17)15-9-4-2-5-10-15/h2-14,18-19,23H,1H3,(H2,22,24,25,26)/p+1/t18-,19+/m0/s1. The van der Waals surface area contributed by atoms with E-state index in [9.17, 15) is 9.59 Å². The summed E-state index contributed by atoms with van der Waals surface area (Å²) in [5.41, 5.74) is 1.95. The second-order valence-electron chi connectivity index (χ2n) is 6.05. The highest BCUT2D eigenvalue weighted by Crippen LogP contribution is 2.24. The molecule has 0 bridgehead atoms. The number of thiophene rings is 1. The largest absolute Gasteiger partial charge is 0.341 e. The number of hydrogen-bond acceptors (Lipinski definition) is 3. The summed E-state index contributed by atoms with van der Waals surface area (Å²) in [6.07, 6.45) is 0. The quantitative estimate of drug-likeness (QED) is 0.615. The number of hydrogen-bond donors (Lipinski definition) is 3. The molecule has 2 aromatic carbocycles. The lowest BCUT2D eigenvalue weighted by molar-refractivity contribution is -0.713. The predicted molar refractivity (Wildman–Crippen MR) is 106 cm³/mol. The first-order valence-electron chi connectivity index (χ1n) is 8.70. The van der Waals surface area contributed by atoms with Gasteiger partial charge in [-0.3, -0.25) is 10.1 Å². The van der Waals surface area contributed by atoms with Crippen molar-refractivity contribution in [2.75, 3.05) is 7.05 Å². The van der Waals surface area contributed by atoms with E-state index in [1.54, 1.807) is 11.3 Å². The van der Waals surface area contributed by atoms with Crippen molar-refractivity contribution in [3.05, 3.63) is 94.2 Å². The normalized spacial score (nSPS) is 12.8. The van der Waals surface area contributed by atoms with Crippen LogP contribution in [-0.2, 0) is 4.79 Å². The van der Waals surface area contributed by atoms with Crippen LogP contribution in [-0.4, -0.2) is 19.0 Å². The van der Waals surface area contributed by atoms with Crippen LogP contribution in [0.5, 0.6) is 0 Å². The molecule has 0 saturated carbocycles. The highest BCUT2D eigenvalue weighted by molar-refractivity contribution is 7.10. The lowest BCUT2D eigenvalue weighted by Crippen LogP contribution is -2.88. The third kappa shape index (κ3) is 4.81. The number of benzene rings is 2. The zero-order valence-corrected chi connectivity index (χ0v) is 15.8. The van der Waals surface area contributed by atoms with Crippen molar-refractivity contribution in [1.82, 2.24) is 10.6 Å². The second kappa shape index (κ2) is 9.12. The minimum Gasteiger partial charge on any atom is -0.341 e. The van der Waals surface area contributed by atoms with E-state index >= 15 is 0 Å². The molecular weight excluding hydrogens is 358 g/mol. The van der Waals surface area contributed by atoms with Gasteiger partial charge in [0.15, 0.2) is 6.04 Å². The van der Waals surface area contributed by atoms with Gasteiger partial charge in [0.2, 0.25) is 0 Å². The summed E-state index contributed by atoms with van der Waals surface area (Å²) in [7, 11) is 1.49. The van der Waals surface area contributed by atoms with Crippen molar-refractivity contribution in [3.8, 4) is 0 Å². The Morgan fingerprint density at radius 2 is 1.52 bits per heavy atom. The first-order valence-corrected chi connectivity index (χ1v) is 9.58. The maximum absolute atomic E-state index is 12.8. The van der Waals surface area contributed by atoms with Crippen LogP contribution >= 0.6 is 11.3 Å². The fraction of sp³-hybridized carbons (Fsp3) is 0.143. The van der Waals surface area contributed by atoms with Gasteiger partial charge in [-0.2, -0.15) is 0 Å². The highest BCUT2D eigenvalue weighted by Gasteiger charge is 2.31. The lowest BCUT2D eigenvalue weighted by Gasteiger charge is -2.22. The van der Waals surface area contributed by atoms with Crippen LogP contribution < -0.4 is 16.0 Å². The Balaban J connectivity index is 1.95. The SMILES string of the molecule is CNC(=O)NC(=O)[C@H]([NH2+][C@@H](c1ccccc1)c1cccs1)c1ccccc1. The van der Waals surface area contributed by atoms with Crippen molar-refractivity contribution in [1.29, 1.82) is 0 Å². The smallest absolute Gasteiger partial charge is 0.321 e. The number of quaternary nitrogens is 1. The van der Waals surface area contributed by atoms with E-state index in [0.717, 1.165) is 16.0 Å². The summed E-state index contributed by atoms with van der Waals surface area (Å²) in [4.78, 5) is 25.7. The molecular formula is C21H22N3O2S+. The molecule has 2 atom stereocenters. The Hall–Kier alpha value is -2.96. The molecule has 0 fully saturated rings. The molecule has 0 aliphatic rings. The Morgan fingerprint density at radius 3 is 2.07 bits per heavy atom. The minimum absolute atomic E-state index is 0.0492. The molecule has 0 saturated heterocycles. The van der Waals surface area contributed by atoms with Crippen molar-refractivity contribution < 1.29 is 14.9 Å². The lowest BCUT2D eigenvalue weighted by atomic mass is 10.0. The number of imide groups is 1. The molecule has 0 radical (unpaired) electrons. The van der Waals surface area contributed by atoms with E-state index in [1.165, 1.54) is 7.05 Å². The van der Waals surface area contributed by atoms with Gasteiger partial charge < -0.3 is 10.6 Å². The van der Waals surface area contributed by atoms with E-state index in [2.05, 4.69) is 28.8 Å². The van der Waals surface area contributed by atoms with Gasteiger partial charge in [-0.1, -0.05) is 66.7 Å². The zero-order chi connectivity index (χ0) is 19.1. The summed E-state index contributed by atoms with van der Waals surface area (Å²) in [5, 5.41) is 8.88. The molecule has 3 amide bonds. The summed E-state index contributed by atoms with van der Waals surface area (Å²) >= 11 is 1.65. The van der Waals surface area contributed by atoms with Crippen molar-refractivity contribution >= 4 is 23.3 Å². The van der Waals surface area contributed by atoms with Gasteiger partial charge in [-0.25, -0.2) is 4.79 Å². The van der Waals surface area contributed by atoms with Gasteiger partial charge in [-0.15, -0.1) is 11.3 Å². The molecule has 1 heterocycles.